The van der Waals surface area contributed by atoms with Crippen LogP contribution in [0.15, 0.2) is 24.3 Å². The molecule has 0 aliphatic carbocycles. The van der Waals surface area contributed by atoms with E-state index in [1.54, 1.807) is 36.2 Å². The van der Waals surface area contributed by atoms with Crippen molar-refractivity contribution in [3.8, 4) is 0 Å². The molecule has 1 heterocycles. The van der Waals surface area contributed by atoms with E-state index >= 15 is 0 Å². The van der Waals surface area contributed by atoms with Crippen LogP contribution in [0.1, 0.15) is 46.9 Å². The first-order valence-electron chi connectivity index (χ1n) is 8.00. The Morgan fingerprint density at radius 3 is 2.30 bits per heavy atom. The summed E-state index contributed by atoms with van der Waals surface area (Å²) >= 11 is 0. The molecule has 124 valence electrons. The number of nitrogens with one attached hydrogen (secondary N) is 1. The molecule has 0 radical (unpaired) electrons. The monoisotopic (exact) mass is 317 g/mol. The molecule has 2 rings (SSSR count). The average Bonchev–Trinajstić information content (AvgIpc) is 2.81. The minimum atomic E-state index is -0.253. The number of amides is 4. The summed E-state index contributed by atoms with van der Waals surface area (Å²) in [7, 11) is 1.76. The van der Waals surface area contributed by atoms with Gasteiger partial charge in [-0.1, -0.05) is 25.5 Å². The fourth-order valence-electron chi connectivity index (χ4n) is 2.51. The van der Waals surface area contributed by atoms with Gasteiger partial charge in [0.25, 0.3) is 11.8 Å². The molecule has 0 saturated carbocycles. The number of rotatable bonds is 7. The second-order valence-corrected chi connectivity index (χ2v) is 5.67. The third kappa shape index (κ3) is 3.88. The molecule has 0 spiro atoms. The van der Waals surface area contributed by atoms with Gasteiger partial charge in [0.1, 0.15) is 0 Å². The zero-order valence-corrected chi connectivity index (χ0v) is 13.7. The minimum Gasteiger partial charge on any atom is -0.338 e. The molecular formula is C17H23N3O3. The summed E-state index contributed by atoms with van der Waals surface area (Å²) in [6, 6.07) is 6.71. The molecule has 1 aromatic rings. The number of urea groups is 1. The van der Waals surface area contributed by atoms with Gasteiger partial charge in [-0.3, -0.25) is 14.5 Å². The van der Waals surface area contributed by atoms with Crippen molar-refractivity contribution in [2.75, 3.05) is 26.7 Å². The van der Waals surface area contributed by atoms with E-state index in [1.807, 2.05) is 0 Å². The molecule has 1 aromatic carbocycles. The fourth-order valence-corrected chi connectivity index (χ4v) is 2.51. The van der Waals surface area contributed by atoms with Gasteiger partial charge in [0.2, 0.25) is 0 Å². The average molecular weight is 317 g/mol. The van der Waals surface area contributed by atoms with Crippen molar-refractivity contribution >= 4 is 17.8 Å². The zero-order valence-electron chi connectivity index (χ0n) is 13.7. The van der Waals surface area contributed by atoms with Gasteiger partial charge in [-0.15, -0.1) is 0 Å². The van der Waals surface area contributed by atoms with E-state index < -0.39 is 0 Å². The molecular weight excluding hydrogens is 294 g/mol. The van der Waals surface area contributed by atoms with Crippen molar-refractivity contribution in [2.24, 2.45) is 0 Å². The van der Waals surface area contributed by atoms with Crippen LogP contribution in [0.2, 0.25) is 0 Å². The van der Waals surface area contributed by atoms with Crippen LogP contribution in [0.3, 0.4) is 0 Å². The van der Waals surface area contributed by atoms with Crippen LogP contribution < -0.4 is 5.32 Å². The molecule has 6 nitrogen and oxygen atoms in total. The Labute approximate surface area is 136 Å². The highest BCUT2D eigenvalue weighted by molar-refractivity contribution is 6.21. The lowest BCUT2D eigenvalue weighted by Gasteiger charge is -2.18. The van der Waals surface area contributed by atoms with Crippen molar-refractivity contribution in [1.29, 1.82) is 0 Å². The fraction of sp³-hybridized carbons (Fsp3) is 0.471. The molecule has 0 aromatic heterocycles. The van der Waals surface area contributed by atoms with E-state index in [9.17, 15) is 14.4 Å². The molecule has 6 heteroatoms. The van der Waals surface area contributed by atoms with Crippen LogP contribution in [0.4, 0.5) is 4.79 Å². The standard InChI is InChI=1S/C17H23N3O3/c1-3-4-11-19(2)17(23)18-10-7-12-20-15(21)13-8-5-6-9-14(13)16(20)22/h5-6,8-9H,3-4,7,10-12H2,1-2H3,(H,18,23). The van der Waals surface area contributed by atoms with Crippen LogP contribution >= 0.6 is 0 Å². The lowest BCUT2D eigenvalue weighted by Crippen LogP contribution is -2.39. The summed E-state index contributed by atoms with van der Waals surface area (Å²) < 4.78 is 0. The second-order valence-electron chi connectivity index (χ2n) is 5.67. The quantitative estimate of drug-likeness (QED) is 0.618. The van der Waals surface area contributed by atoms with Gasteiger partial charge in [0.15, 0.2) is 0 Å². The normalized spacial score (nSPS) is 13.2. The lowest BCUT2D eigenvalue weighted by atomic mass is 10.1. The Morgan fingerprint density at radius 1 is 1.13 bits per heavy atom. The Kier molecular flexibility index (Phi) is 5.73. The number of hydrogen-bond donors (Lipinski definition) is 1. The summed E-state index contributed by atoms with van der Waals surface area (Å²) in [6.45, 7) is 3.54. The van der Waals surface area contributed by atoms with Gasteiger partial charge in [0, 0.05) is 26.7 Å². The smallest absolute Gasteiger partial charge is 0.317 e. The van der Waals surface area contributed by atoms with Crippen LogP contribution in [0.5, 0.6) is 0 Å². The third-order valence-corrected chi connectivity index (χ3v) is 3.91. The van der Waals surface area contributed by atoms with E-state index in [4.69, 9.17) is 0 Å². The van der Waals surface area contributed by atoms with Gasteiger partial charge in [-0.05, 0) is 25.0 Å². The molecule has 0 unspecified atom stereocenters. The summed E-state index contributed by atoms with van der Waals surface area (Å²) in [5, 5.41) is 2.80. The van der Waals surface area contributed by atoms with Gasteiger partial charge in [-0.2, -0.15) is 0 Å². The first-order valence-corrected chi connectivity index (χ1v) is 8.00. The number of unbranched alkanes of at least 4 members (excludes halogenated alkanes) is 1. The molecule has 0 bridgehead atoms. The highest BCUT2D eigenvalue weighted by Crippen LogP contribution is 2.22. The first-order chi connectivity index (χ1) is 11.1. The highest BCUT2D eigenvalue weighted by Gasteiger charge is 2.34. The van der Waals surface area contributed by atoms with Crippen LogP contribution in [-0.4, -0.2) is 54.3 Å². The maximum absolute atomic E-state index is 12.2. The van der Waals surface area contributed by atoms with Gasteiger partial charge < -0.3 is 10.2 Å². The van der Waals surface area contributed by atoms with Gasteiger partial charge >= 0.3 is 6.03 Å². The molecule has 0 fully saturated rings. The number of benzene rings is 1. The largest absolute Gasteiger partial charge is 0.338 e. The van der Waals surface area contributed by atoms with E-state index in [2.05, 4.69) is 12.2 Å². The van der Waals surface area contributed by atoms with Crippen LogP contribution in [0.25, 0.3) is 0 Å². The van der Waals surface area contributed by atoms with Crippen LogP contribution in [0, 0.1) is 0 Å². The molecule has 4 amide bonds. The van der Waals surface area contributed by atoms with Crippen molar-refractivity contribution in [2.45, 2.75) is 26.2 Å². The second kappa shape index (κ2) is 7.76. The summed E-state index contributed by atoms with van der Waals surface area (Å²) in [5.41, 5.74) is 0.918. The predicted molar refractivity (Wildman–Crippen MR) is 87.4 cm³/mol. The number of imide groups is 1. The maximum atomic E-state index is 12.2. The zero-order chi connectivity index (χ0) is 16.8. The number of carbonyl (C=O) groups excluding carboxylic acids is 3. The number of hydrogen-bond acceptors (Lipinski definition) is 3. The van der Waals surface area contributed by atoms with E-state index in [0.29, 0.717) is 30.6 Å². The Morgan fingerprint density at radius 2 is 1.74 bits per heavy atom. The predicted octanol–water partition coefficient (Wildman–Crippen LogP) is 2.11. The molecule has 23 heavy (non-hydrogen) atoms. The summed E-state index contributed by atoms with van der Waals surface area (Å²) in [5.74, 6) is -0.506. The van der Waals surface area contributed by atoms with E-state index in [0.717, 1.165) is 19.4 Å². The summed E-state index contributed by atoms with van der Waals surface area (Å²) in [6.07, 6.45) is 2.55. The highest BCUT2D eigenvalue weighted by atomic mass is 16.2. The molecule has 0 saturated heterocycles. The van der Waals surface area contributed by atoms with Gasteiger partial charge in [-0.25, -0.2) is 4.79 Å². The topological polar surface area (TPSA) is 69.7 Å². The van der Waals surface area contributed by atoms with E-state index in [-0.39, 0.29) is 17.8 Å². The number of fused-ring (bicyclic) bond motifs is 1. The number of nitrogens with zero attached hydrogens (tertiary/aromatic N) is 2. The number of carbonyl (C=O) groups is 3. The summed E-state index contributed by atoms with van der Waals surface area (Å²) in [4.78, 5) is 39.1. The lowest BCUT2D eigenvalue weighted by molar-refractivity contribution is 0.0653. The minimum absolute atomic E-state index is 0.124. The Hall–Kier alpha value is -2.37. The maximum Gasteiger partial charge on any atom is 0.317 e. The van der Waals surface area contributed by atoms with E-state index in [1.165, 1.54) is 4.90 Å². The van der Waals surface area contributed by atoms with Crippen molar-refractivity contribution in [3.05, 3.63) is 35.4 Å². The van der Waals surface area contributed by atoms with Crippen LogP contribution in [-0.2, 0) is 0 Å². The van der Waals surface area contributed by atoms with Crippen molar-refractivity contribution < 1.29 is 14.4 Å². The Bertz CT molecular complexity index is 566. The van der Waals surface area contributed by atoms with Crippen molar-refractivity contribution in [3.63, 3.8) is 0 Å². The van der Waals surface area contributed by atoms with Crippen molar-refractivity contribution in [1.82, 2.24) is 15.1 Å². The first kappa shape index (κ1) is 17.0. The SMILES string of the molecule is CCCCN(C)C(=O)NCCCN1C(=O)c2ccccc2C1=O. The molecule has 0 atom stereocenters. The molecule has 1 aliphatic rings. The Balaban J connectivity index is 1.77. The molecule has 1 aliphatic heterocycles. The van der Waals surface area contributed by atoms with Gasteiger partial charge in [0.05, 0.1) is 11.1 Å². The third-order valence-electron chi connectivity index (χ3n) is 3.91. The molecule has 1 N–H and O–H groups in total.